The monoisotopic (exact) mass is 354 g/mol. The molecule has 0 spiro atoms. The molecule has 0 bridgehead atoms. The standard InChI is InChI=1S/C19H18N2OS2/c1-14(18(22)20-16-10-6-3-7-11-16)23-12-17-13-24-19(21-17)15-8-4-2-5-9-15/h2-11,13-14H,12H2,1H3,(H,20,22)/t14-/m0/s1. The Hall–Kier alpha value is -2.11. The van der Waals surface area contributed by atoms with Gasteiger partial charge in [0, 0.05) is 22.4 Å². The van der Waals surface area contributed by atoms with Crippen molar-refractivity contribution in [1.82, 2.24) is 4.98 Å². The van der Waals surface area contributed by atoms with Gasteiger partial charge in [0.05, 0.1) is 10.9 Å². The van der Waals surface area contributed by atoms with E-state index < -0.39 is 0 Å². The number of carbonyl (C=O) groups excluding carboxylic acids is 1. The molecule has 1 aromatic heterocycles. The number of para-hydroxylation sites is 1. The lowest BCUT2D eigenvalue weighted by Crippen LogP contribution is -2.22. The van der Waals surface area contributed by atoms with E-state index in [0.717, 1.165) is 27.7 Å². The van der Waals surface area contributed by atoms with Crippen LogP contribution in [0.2, 0.25) is 0 Å². The summed E-state index contributed by atoms with van der Waals surface area (Å²) in [5.74, 6) is 0.747. The minimum atomic E-state index is -0.132. The fraction of sp³-hybridized carbons (Fsp3) is 0.158. The average Bonchev–Trinajstić information content (AvgIpc) is 3.10. The summed E-state index contributed by atoms with van der Waals surface area (Å²) in [4.78, 5) is 16.9. The SMILES string of the molecule is C[C@H](SCc1csc(-c2ccccc2)n1)C(=O)Nc1ccccc1. The summed E-state index contributed by atoms with van der Waals surface area (Å²) in [5.41, 5.74) is 2.98. The number of thiazole rings is 1. The van der Waals surface area contributed by atoms with E-state index in [1.807, 2.05) is 55.5 Å². The van der Waals surface area contributed by atoms with Crippen molar-refractivity contribution >= 4 is 34.7 Å². The Morgan fingerprint density at radius 1 is 1.12 bits per heavy atom. The van der Waals surface area contributed by atoms with Crippen molar-refractivity contribution < 1.29 is 4.79 Å². The van der Waals surface area contributed by atoms with Crippen LogP contribution in [0, 0.1) is 0 Å². The topological polar surface area (TPSA) is 42.0 Å². The van der Waals surface area contributed by atoms with Crippen LogP contribution in [-0.2, 0) is 10.5 Å². The van der Waals surface area contributed by atoms with E-state index in [1.165, 1.54) is 0 Å². The lowest BCUT2D eigenvalue weighted by molar-refractivity contribution is -0.115. The van der Waals surface area contributed by atoms with Crippen LogP contribution < -0.4 is 5.32 Å². The van der Waals surface area contributed by atoms with E-state index >= 15 is 0 Å². The van der Waals surface area contributed by atoms with Gasteiger partial charge >= 0.3 is 0 Å². The first-order valence-corrected chi connectivity index (χ1v) is 9.62. The third-order valence-electron chi connectivity index (χ3n) is 3.46. The summed E-state index contributed by atoms with van der Waals surface area (Å²) in [5, 5.41) is 5.89. The van der Waals surface area contributed by atoms with E-state index in [-0.39, 0.29) is 11.2 Å². The minimum Gasteiger partial charge on any atom is -0.325 e. The van der Waals surface area contributed by atoms with Gasteiger partial charge in [-0.1, -0.05) is 48.5 Å². The zero-order valence-corrected chi connectivity index (χ0v) is 14.9. The molecule has 3 rings (SSSR count). The number of thioether (sulfide) groups is 1. The highest BCUT2D eigenvalue weighted by Gasteiger charge is 2.14. The molecule has 0 aliphatic rings. The summed E-state index contributed by atoms with van der Waals surface area (Å²) < 4.78 is 0. The number of hydrogen-bond acceptors (Lipinski definition) is 4. The normalized spacial score (nSPS) is 11.9. The first kappa shape index (κ1) is 16.7. The number of nitrogens with one attached hydrogen (secondary N) is 1. The lowest BCUT2D eigenvalue weighted by Gasteiger charge is -2.11. The van der Waals surface area contributed by atoms with Crippen LogP contribution >= 0.6 is 23.1 Å². The third-order valence-corrected chi connectivity index (χ3v) is 5.58. The molecule has 24 heavy (non-hydrogen) atoms. The van der Waals surface area contributed by atoms with Gasteiger partial charge in [-0.15, -0.1) is 23.1 Å². The van der Waals surface area contributed by atoms with E-state index in [2.05, 4.69) is 27.8 Å². The first-order valence-electron chi connectivity index (χ1n) is 7.70. The van der Waals surface area contributed by atoms with Gasteiger partial charge in [0.2, 0.25) is 5.91 Å². The Bertz CT molecular complexity index is 787. The molecule has 0 fully saturated rings. The number of amides is 1. The molecule has 1 N–H and O–H groups in total. The summed E-state index contributed by atoms with van der Waals surface area (Å²) in [6.45, 7) is 1.92. The van der Waals surface area contributed by atoms with Gasteiger partial charge in [-0.05, 0) is 19.1 Å². The van der Waals surface area contributed by atoms with Crippen LogP contribution in [0.3, 0.4) is 0 Å². The molecule has 122 valence electrons. The molecule has 0 saturated carbocycles. The summed E-state index contributed by atoms with van der Waals surface area (Å²) in [7, 11) is 0. The molecule has 2 aromatic carbocycles. The van der Waals surface area contributed by atoms with Crippen LogP contribution in [0.4, 0.5) is 5.69 Å². The second-order valence-corrected chi connectivity index (χ2v) is 7.51. The Morgan fingerprint density at radius 2 is 1.79 bits per heavy atom. The number of nitrogens with zero attached hydrogens (tertiary/aromatic N) is 1. The third kappa shape index (κ3) is 4.46. The van der Waals surface area contributed by atoms with Gasteiger partial charge in [-0.25, -0.2) is 4.98 Å². The number of hydrogen-bond donors (Lipinski definition) is 1. The molecule has 0 radical (unpaired) electrons. The zero-order chi connectivity index (χ0) is 16.8. The van der Waals surface area contributed by atoms with Crippen molar-refractivity contribution in [2.45, 2.75) is 17.9 Å². The first-order chi connectivity index (χ1) is 11.7. The molecule has 5 heteroatoms. The van der Waals surface area contributed by atoms with E-state index in [1.54, 1.807) is 23.1 Å². The van der Waals surface area contributed by atoms with Crippen molar-refractivity contribution in [1.29, 1.82) is 0 Å². The maximum atomic E-state index is 12.2. The van der Waals surface area contributed by atoms with Crippen molar-refractivity contribution in [2.75, 3.05) is 5.32 Å². The fourth-order valence-corrected chi connectivity index (χ4v) is 3.85. The minimum absolute atomic E-state index is 0.0183. The van der Waals surface area contributed by atoms with Gasteiger partial charge in [0.1, 0.15) is 5.01 Å². The van der Waals surface area contributed by atoms with E-state index in [4.69, 9.17) is 0 Å². The molecule has 0 aliphatic carbocycles. The number of rotatable bonds is 6. The van der Waals surface area contributed by atoms with Gasteiger partial charge in [0.25, 0.3) is 0 Å². The number of anilines is 1. The van der Waals surface area contributed by atoms with Crippen LogP contribution in [0.15, 0.2) is 66.0 Å². The molecule has 1 amide bonds. The number of benzene rings is 2. The van der Waals surface area contributed by atoms with Crippen LogP contribution in [-0.4, -0.2) is 16.1 Å². The predicted octanol–water partition coefficient (Wildman–Crippen LogP) is 5.07. The van der Waals surface area contributed by atoms with E-state index in [0.29, 0.717) is 0 Å². The van der Waals surface area contributed by atoms with Gasteiger partial charge in [0.15, 0.2) is 0 Å². The lowest BCUT2D eigenvalue weighted by atomic mass is 10.2. The smallest absolute Gasteiger partial charge is 0.237 e. The number of aromatic nitrogens is 1. The molecule has 1 atom stereocenters. The average molecular weight is 355 g/mol. The quantitative estimate of drug-likeness (QED) is 0.672. The molecule has 0 unspecified atom stereocenters. The maximum absolute atomic E-state index is 12.2. The van der Waals surface area contributed by atoms with E-state index in [9.17, 15) is 4.79 Å². The van der Waals surface area contributed by atoms with Crippen LogP contribution in [0.1, 0.15) is 12.6 Å². The largest absolute Gasteiger partial charge is 0.325 e. The summed E-state index contributed by atoms with van der Waals surface area (Å²) >= 11 is 3.24. The Balaban J connectivity index is 1.54. The molecule has 0 aliphatic heterocycles. The van der Waals surface area contributed by atoms with Gasteiger partial charge in [-0.3, -0.25) is 4.79 Å². The fourth-order valence-electron chi connectivity index (χ4n) is 2.14. The van der Waals surface area contributed by atoms with Crippen molar-refractivity contribution in [3.05, 3.63) is 71.7 Å². The van der Waals surface area contributed by atoms with Crippen molar-refractivity contribution in [3.63, 3.8) is 0 Å². The second kappa shape index (κ2) is 8.13. The predicted molar refractivity (Wildman–Crippen MR) is 103 cm³/mol. The highest BCUT2D eigenvalue weighted by molar-refractivity contribution is 7.99. The molecular weight excluding hydrogens is 336 g/mol. The van der Waals surface area contributed by atoms with Gasteiger partial charge < -0.3 is 5.32 Å². The molecule has 3 aromatic rings. The second-order valence-electron chi connectivity index (χ2n) is 5.32. The van der Waals surface area contributed by atoms with Gasteiger partial charge in [-0.2, -0.15) is 0 Å². The maximum Gasteiger partial charge on any atom is 0.237 e. The highest BCUT2D eigenvalue weighted by Crippen LogP contribution is 2.26. The zero-order valence-electron chi connectivity index (χ0n) is 13.3. The molecule has 3 nitrogen and oxygen atoms in total. The molecule has 0 saturated heterocycles. The van der Waals surface area contributed by atoms with Crippen molar-refractivity contribution in [3.8, 4) is 10.6 Å². The molecular formula is C19H18N2OS2. The molecule has 1 heterocycles. The van der Waals surface area contributed by atoms with Crippen LogP contribution in [0.5, 0.6) is 0 Å². The van der Waals surface area contributed by atoms with Crippen molar-refractivity contribution in [2.24, 2.45) is 0 Å². The highest BCUT2D eigenvalue weighted by atomic mass is 32.2. The van der Waals surface area contributed by atoms with Crippen LogP contribution in [0.25, 0.3) is 10.6 Å². The summed E-state index contributed by atoms with van der Waals surface area (Å²) in [6, 6.07) is 19.7. The Labute approximate surface area is 150 Å². The number of carbonyl (C=O) groups is 1. The Kier molecular flexibility index (Phi) is 5.67. The Morgan fingerprint density at radius 3 is 2.50 bits per heavy atom. The summed E-state index contributed by atoms with van der Waals surface area (Å²) in [6.07, 6.45) is 0.